The van der Waals surface area contributed by atoms with E-state index in [1.165, 1.54) is 0 Å². The van der Waals surface area contributed by atoms with Gasteiger partial charge in [-0.1, -0.05) is 6.92 Å². The maximum atomic E-state index is 10.7. The Morgan fingerprint density at radius 2 is 2.44 bits per heavy atom. The zero-order valence-corrected chi connectivity index (χ0v) is 9.73. The van der Waals surface area contributed by atoms with Gasteiger partial charge >= 0.3 is 0 Å². The summed E-state index contributed by atoms with van der Waals surface area (Å²) in [6, 6.07) is 3.66. The molecule has 0 amide bonds. The first-order chi connectivity index (χ1) is 7.68. The Kier molecular flexibility index (Phi) is 3.12. The molecule has 0 aliphatic carbocycles. The minimum Gasteiger partial charge on any atom is -0.495 e. The number of hydrogen-bond acceptors (Lipinski definition) is 4. The van der Waals surface area contributed by atoms with Crippen LogP contribution in [0.25, 0.3) is 0 Å². The van der Waals surface area contributed by atoms with Gasteiger partial charge in [-0.2, -0.15) is 0 Å². The molecule has 4 heteroatoms. The lowest BCUT2D eigenvalue weighted by atomic mass is 9.80. The Balaban J connectivity index is 2.40. The first-order valence-corrected chi connectivity index (χ1v) is 5.61. The van der Waals surface area contributed by atoms with Gasteiger partial charge in [-0.05, 0) is 25.1 Å². The van der Waals surface area contributed by atoms with Gasteiger partial charge in [0.25, 0.3) is 0 Å². The highest BCUT2D eigenvalue weighted by Gasteiger charge is 2.40. The van der Waals surface area contributed by atoms with Crippen LogP contribution in [0.3, 0.4) is 0 Å². The molecule has 1 aromatic rings. The molecule has 1 aromatic heterocycles. The molecule has 0 aromatic carbocycles. The fourth-order valence-corrected chi connectivity index (χ4v) is 2.24. The number of rotatable bonds is 2. The van der Waals surface area contributed by atoms with Crippen molar-refractivity contribution in [3.63, 3.8) is 0 Å². The van der Waals surface area contributed by atoms with Crippen LogP contribution < -0.4 is 10.1 Å². The van der Waals surface area contributed by atoms with Gasteiger partial charge in [0.2, 0.25) is 0 Å². The van der Waals surface area contributed by atoms with Gasteiger partial charge in [0.05, 0.1) is 7.11 Å². The number of pyridine rings is 1. The van der Waals surface area contributed by atoms with Crippen LogP contribution in [0.15, 0.2) is 18.3 Å². The lowest BCUT2D eigenvalue weighted by Crippen LogP contribution is -2.47. The molecule has 2 rings (SSSR count). The Morgan fingerprint density at radius 1 is 1.62 bits per heavy atom. The Hall–Kier alpha value is -1.13. The van der Waals surface area contributed by atoms with Crippen LogP contribution in [0.5, 0.6) is 5.75 Å². The summed E-state index contributed by atoms with van der Waals surface area (Å²) in [7, 11) is 1.61. The smallest absolute Gasteiger partial charge is 0.143 e. The Bertz CT molecular complexity index is 370. The molecule has 2 N–H and O–H groups in total. The highest BCUT2D eigenvalue weighted by atomic mass is 16.5. The molecular formula is C12H18N2O2. The van der Waals surface area contributed by atoms with Crippen LogP contribution in [-0.2, 0) is 5.60 Å². The summed E-state index contributed by atoms with van der Waals surface area (Å²) in [6.07, 6.45) is 2.37. The van der Waals surface area contributed by atoms with Crippen molar-refractivity contribution in [1.82, 2.24) is 10.3 Å². The maximum absolute atomic E-state index is 10.7. The van der Waals surface area contributed by atoms with Crippen molar-refractivity contribution in [2.75, 3.05) is 20.2 Å². The fourth-order valence-electron chi connectivity index (χ4n) is 2.24. The van der Waals surface area contributed by atoms with Gasteiger partial charge < -0.3 is 15.2 Å². The van der Waals surface area contributed by atoms with Crippen molar-refractivity contribution in [2.45, 2.75) is 18.9 Å². The minimum absolute atomic E-state index is 0.130. The van der Waals surface area contributed by atoms with Crippen LogP contribution in [0.1, 0.15) is 19.0 Å². The topological polar surface area (TPSA) is 54.4 Å². The molecule has 1 aliphatic rings. The van der Waals surface area contributed by atoms with E-state index >= 15 is 0 Å². The van der Waals surface area contributed by atoms with Gasteiger partial charge in [0.1, 0.15) is 17.0 Å². The standard InChI is InChI=1S/C12H18N2O2/c1-9-8-13-7-5-12(9,15)11-10(16-2)4-3-6-14-11/h3-4,6,9,13,15H,5,7-8H2,1-2H3. The summed E-state index contributed by atoms with van der Waals surface area (Å²) in [6.45, 7) is 3.64. The highest BCUT2D eigenvalue weighted by Crippen LogP contribution is 2.38. The van der Waals surface area contributed by atoms with Gasteiger partial charge in [-0.25, -0.2) is 0 Å². The van der Waals surface area contributed by atoms with E-state index in [0.717, 1.165) is 13.1 Å². The van der Waals surface area contributed by atoms with Crippen molar-refractivity contribution in [2.24, 2.45) is 5.92 Å². The number of nitrogens with zero attached hydrogens (tertiary/aromatic N) is 1. The molecule has 4 nitrogen and oxygen atoms in total. The highest BCUT2D eigenvalue weighted by molar-refractivity contribution is 5.32. The van der Waals surface area contributed by atoms with Crippen molar-refractivity contribution >= 4 is 0 Å². The molecular weight excluding hydrogens is 204 g/mol. The Morgan fingerprint density at radius 3 is 3.12 bits per heavy atom. The second-order valence-electron chi connectivity index (χ2n) is 4.33. The number of hydrogen-bond donors (Lipinski definition) is 2. The second-order valence-corrected chi connectivity index (χ2v) is 4.33. The third-order valence-electron chi connectivity index (χ3n) is 3.35. The van der Waals surface area contributed by atoms with Crippen LogP contribution in [0.2, 0.25) is 0 Å². The van der Waals surface area contributed by atoms with E-state index in [1.54, 1.807) is 13.3 Å². The molecule has 0 spiro atoms. The summed E-state index contributed by atoms with van der Waals surface area (Å²) in [4.78, 5) is 4.29. The van der Waals surface area contributed by atoms with E-state index < -0.39 is 5.60 Å². The zero-order chi connectivity index (χ0) is 11.6. The average molecular weight is 222 g/mol. The third kappa shape index (κ3) is 1.79. The molecule has 0 radical (unpaired) electrons. The lowest BCUT2D eigenvalue weighted by molar-refractivity contribution is -0.0446. The van der Waals surface area contributed by atoms with Crippen molar-refractivity contribution < 1.29 is 9.84 Å². The summed E-state index contributed by atoms with van der Waals surface area (Å²) in [5.74, 6) is 0.795. The SMILES string of the molecule is COc1cccnc1C1(O)CCNCC1C. The van der Waals surface area contributed by atoms with Crippen LogP contribution in [-0.4, -0.2) is 30.3 Å². The molecule has 0 bridgehead atoms. The number of piperidine rings is 1. The molecule has 2 atom stereocenters. The number of nitrogens with one attached hydrogen (secondary N) is 1. The maximum Gasteiger partial charge on any atom is 0.143 e. The summed E-state index contributed by atoms with van der Waals surface area (Å²) >= 11 is 0. The molecule has 88 valence electrons. The molecule has 0 saturated carbocycles. The van der Waals surface area contributed by atoms with Crippen LogP contribution >= 0.6 is 0 Å². The van der Waals surface area contributed by atoms with E-state index in [1.807, 2.05) is 19.1 Å². The van der Waals surface area contributed by atoms with Gasteiger partial charge in [0.15, 0.2) is 0 Å². The van der Waals surface area contributed by atoms with Gasteiger partial charge in [-0.15, -0.1) is 0 Å². The number of aliphatic hydroxyl groups is 1. The zero-order valence-electron chi connectivity index (χ0n) is 9.73. The first-order valence-electron chi connectivity index (χ1n) is 5.61. The monoisotopic (exact) mass is 222 g/mol. The van der Waals surface area contributed by atoms with Gasteiger partial charge in [0, 0.05) is 18.7 Å². The summed E-state index contributed by atoms with van der Waals surface area (Å²) in [5.41, 5.74) is -0.218. The predicted molar refractivity (Wildman–Crippen MR) is 61.3 cm³/mol. The first kappa shape index (κ1) is 11.4. The van der Waals surface area contributed by atoms with E-state index in [0.29, 0.717) is 17.9 Å². The van der Waals surface area contributed by atoms with Crippen molar-refractivity contribution in [3.05, 3.63) is 24.0 Å². The van der Waals surface area contributed by atoms with E-state index in [4.69, 9.17) is 4.74 Å². The summed E-state index contributed by atoms with van der Waals surface area (Å²) < 4.78 is 5.27. The van der Waals surface area contributed by atoms with Crippen LogP contribution in [0, 0.1) is 5.92 Å². The van der Waals surface area contributed by atoms with Crippen molar-refractivity contribution in [3.8, 4) is 5.75 Å². The van der Waals surface area contributed by atoms with Gasteiger partial charge in [-0.3, -0.25) is 4.98 Å². The van der Waals surface area contributed by atoms with Crippen LogP contribution in [0.4, 0.5) is 0 Å². The van der Waals surface area contributed by atoms with E-state index in [9.17, 15) is 5.11 Å². The van der Waals surface area contributed by atoms with Crippen molar-refractivity contribution in [1.29, 1.82) is 0 Å². The molecule has 16 heavy (non-hydrogen) atoms. The molecule has 1 aliphatic heterocycles. The minimum atomic E-state index is -0.877. The molecule has 1 saturated heterocycles. The second kappa shape index (κ2) is 4.39. The Labute approximate surface area is 95.7 Å². The number of aromatic nitrogens is 1. The molecule has 2 heterocycles. The lowest BCUT2D eigenvalue weighted by Gasteiger charge is -2.38. The number of methoxy groups -OCH3 is 1. The van der Waals surface area contributed by atoms with E-state index in [2.05, 4.69) is 10.3 Å². The molecule has 2 unspecified atom stereocenters. The average Bonchev–Trinajstić information content (AvgIpc) is 2.33. The quantitative estimate of drug-likeness (QED) is 0.781. The third-order valence-corrected chi connectivity index (χ3v) is 3.35. The fraction of sp³-hybridized carbons (Fsp3) is 0.583. The largest absolute Gasteiger partial charge is 0.495 e. The summed E-state index contributed by atoms with van der Waals surface area (Å²) in [5, 5.41) is 14.0. The van der Waals surface area contributed by atoms with E-state index in [-0.39, 0.29) is 5.92 Å². The molecule has 1 fully saturated rings. The number of ether oxygens (including phenoxy) is 1. The predicted octanol–water partition coefficient (Wildman–Crippen LogP) is 0.907. The normalized spacial score (nSPS) is 30.1.